The standard InChI is InChI=1S/C39H42N6O5/c46-37(43-50-36-16-8-9-23-48-36)29-24-40-38(41-25-29)45-21-19-44(20-22-45)26-30(18-17-28-10-2-1-3-11-28)42-39(47)49-27-35-33-14-6-4-12-31(33)32-13-5-7-15-34(32)35/h1-7,10-15,17-18,24-25,30,35-36H,8-9,16,19-23,26-27H2,(H,42,47)(H,43,46)/b18-17+. The fourth-order valence-corrected chi connectivity index (χ4v) is 6.73. The van der Waals surface area contributed by atoms with Crippen molar-refractivity contribution in [1.82, 2.24) is 25.7 Å². The molecule has 11 nitrogen and oxygen atoms in total. The molecule has 3 aliphatic rings. The molecule has 7 rings (SSSR count). The van der Waals surface area contributed by atoms with E-state index in [0.29, 0.717) is 37.8 Å². The Hall–Kier alpha value is -5.10. The van der Waals surface area contributed by atoms with Gasteiger partial charge in [-0.15, -0.1) is 0 Å². The number of aromatic nitrogens is 2. The number of benzene rings is 3. The van der Waals surface area contributed by atoms with Crippen molar-refractivity contribution in [2.24, 2.45) is 0 Å². The van der Waals surface area contributed by atoms with Crippen LogP contribution in [0.1, 0.15) is 52.2 Å². The van der Waals surface area contributed by atoms with Gasteiger partial charge in [-0.3, -0.25) is 9.69 Å². The SMILES string of the molecule is O=C(NC(/C=C/c1ccccc1)CN1CCN(c2ncc(C(=O)NOC3CCCCO3)cn2)CC1)OCC1c2ccccc2-c2ccccc21. The van der Waals surface area contributed by atoms with Crippen LogP contribution in [0.3, 0.4) is 0 Å². The van der Waals surface area contributed by atoms with Gasteiger partial charge in [-0.1, -0.05) is 91.0 Å². The zero-order valence-corrected chi connectivity index (χ0v) is 27.9. The summed E-state index contributed by atoms with van der Waals surface area (Å²) in [5.41, 5.74) is 8.57. The van der Waals surface area contributed by atoms with E-state index in [-0.39, 0.29) is 18.6 Å². The summed E-state index contributed by atoms with van der Waals surface area (Å²) in [7, 11) is 0. The molecular formula is C39H42N6O5. The van der Waals surface area contributed by atoms with Gasteiger partial charge in [-0.25, -0.2) is 25.1 Å². The second-order valence-electron chi connectivity index (χ2n) is 12.8. The molecule has 2 atom stereocenters. The predicted molar refractivity (Wildman–Crippen MR) is 190 cm³/mol. The predicted octanol–water partition coefficient (Wildman–Crippen LogP) is 5.41. The summed E-state index contributed by atoms with van der Waals surface area (Å²) in [6.07, 6.45) is 8.97. The molecule has 0 bridgehead atoms. The topological polar surface area (TPSA) is 118 Å². The fourth-order valence-electron chi connectivity index (χ4n) is 6.73. The van der Waals surface area contributed by atoms with Crippen LogP contribution < -0.4 is 15.7 Å². The van der Waals surface area contributed by atoms with Gasteiger partial charge in [-0.05, 0) is 40.7 Å². The smallest absolute Gasteiger partial charge is 0.407 e. The molecule has 2 unspecified atom stereocenters. The number of rotatable bonds is 11. The molecule has 3 heterocycles. The average Bonchev–Trinajstić information content (AvgIpc) is 3.50. The summed E-state index contributed by atoms with van der Waals surface area (Å²) in [5.74, 6) is 0.152. The summed E-state index contributed by atoms with van der Waals surface area (Å²) in [6, 6.07) is 26.4. The monoisotopic (exact) mass is 674 g/mol. The lowest BCUT2D eigenvalue weighted by Gasteiger charge is -2.36. The molecule has 11 heteroatoms. The Morgan fingerprint density at radius 1 is 0.880 bits per heavy atom. The Morgan fingerprint density at radius 3 is 2.24 bits per heavy atom. The molecular weight excluding hydrogens is 632 g/mol. The zero-order chi connectivity index (χ0) is 34.1. The highest BCUT2D eigenvalue weighted by atomic mass is 16.8. The van der Waals surface area contributed by atoms with Crippen LogP contribution >= 0.6 is 0 Å². The molecule has 2 N–H and O–H groups in total. The van der Waals surface area contributed by atoms with E-state index in [2.05, 4.69) is 54.8 Å². The van der Waals surface area contributed by atoms with Gasteiger partial charge in [0.25, 0.3) is 5.91 Å². The van der Waals surface area contributed by atoms with Gasteiger partial charge in [0.05, 0.1) is 11.6 Å². The fraction of sp³-hybridized carbons (Fsp3) is 0.333. The first-order valence-electron chi connectivity index (χ1n) is 17.3. The highest BCUT2D eigenvalue weighted by Gasteiger charge is 2.29. The van der Waals surface area contributed by atoms with Crippen molar-refractivity contribution in [3.63, 3.8) is 0 Å². The molecule has 258 valence electrons. The van der Waals surface area contributed by atoms with Crippen LogP contribution in [0, 0.1) is 0 Å². The highest BCUT2D eigenvalue weighted by Crippen LogP contribution is 2.44. The van der Waals surface area contributed by atoms with Crippen LogP contribution in [0.5, 0.6) is 0 Å². The van der Waals surface area contributed by atoms with Crippen LogP contribution in [0.2, 0.25) is 0 Å². The van der Waals surface area contributed by atoms with E-state index < -0.39 is 18.3 Å². The number of carbonyl (C=O) groups excluding carboxylic acids is 2. The van der Waals surface area contributed by atoms with E-state index in [0.717, 1.165) is 37.9 Å². The Bertz CT molecular complexity index is 1730. The van der Waals surface area contributed by atoms with Crippen LogP contribution in [0.4, 0.5) is 10.7 Å². The van der Waals surface area contributed by atoms with E-state index in [1.807, 2.05) is 66.7 Å². The minimum Gasteiger partial charge on any atom is -0.449 e. The number of fused-ring (bicyclic) bond motifs is 3. The molecule has 2 aliphatic heterocycles. The van der Waals surface area contributed by atoms with E-state index in [4.69, 9.17) is 14.3 Å². The highest BCUT2D eigenvalue weighted by molar-refractivity contribution is 5.92. The molecule has 50 heavy (non-hydrogen) atoms. The maximum absolute atomic E-state index is 13.3. The Balaban J connectivity index is 0.933. The summed E-state index contributed by atoms with van der Waals surface area (Å²) in [4.78, 5) is 44.5. The van der Waals surface area contributed by atoms with Gasteiger partial charge in [0, 0.05) is 64.1 Å². The normalized spacial score (nSPS) is 18.3. The molecule has 3 aromatic carbocycles. The number of amides is 2. The Kier molecular flexibility index (Phi) is 10.7. The van der Waals surface area contributed by atoms with Crippen molar-refractivity contribution in [2.45, 2.75) is 37.5 Å². The first kappa shape index (κ1) is 33.4. The molecule has 2 fully saturated rings. The van der Waals surface area contributed by atoms with Gasteiger partial charge in [0.1, 0.15) is 6.61 Å². The summed E-state index contributed by atoms with van der Waals surface area (Å²) in [6.45, 7) is 4.42. The van der Waals surface area contributed by atoms with Gasteiger partial charge in [0.2, 0.25) is 5.95 Å². The third kappa shape index (κ3) is 8.19. The van der Waals surface area contributed by atoms with E-state index >= 15 is 0 Å². The summed E-state index contributed by atoms with van der Waals surface area (Å²) < 4.78 is 11.4. The van der Waals surface area contributed by atoms with E-state index in [1.54, 1.807) is 0 Å². The third-order valence-corrected chi connectivity index (χ3v) is 9.40. The molecule has 4 aromatic rings. The van der Waals surface area contributed by atoms with Crippen molar-refractivity contribution < 1.29 is 23.9 Å². The van der Waals surface area contributed by atoms with Crippen LogP contribution in [-0.2, 0) is 14.3 Å². The Labute approximate surface area is 292 Å². The molecule has 0 radical (unpaired) electrons. The number of ether oxygens (including phenoxy) is 2. The van der Waals surface area contributed by atoms with Crippen molar-refractivity contribution in [3.05, 3.63) is 120 Å². The van der Waals surface area contributed by atoms with Crippen molar-refractivity contribution in [3.8, 4) is 11.1 Å². The molecule has 2 amide bonds. The van der Waals surface area contributed by atoms with Crippen LogP contribution in [0.15, 0.2) is 97.3 Å². The van der Waals surface area contributed by atoms with E-state index in [9.17, 15) is 9.59 Å². The number of carbonyl (C=O) groups is 2. The second-order valence-corrected chi connectivity index (χ2v) is 12.8. The Morgan fingerprint density at radius 2 is 1.56 bits per heavy atom. The first-order chi connectivity index (χ1) is 24.6. The molecule has 1 aromatic heterocycles. The maximum atomic E-state index is 13.3. The maximum Gasteiger partial charge on any atom is 0.407 e. The van der Waals surface area contributed by atoms with Crippen molar-refractivity contribution in [2.75, 3.05) is 50.8 Å². The van der Waals surface area contributed by atoms with Gasteiger partial charge < -0.3 is 19.7 Å². The third-order valence-electron chi connectivity index (χ3n) is 9.40. The van der Waals surface area contributed by atoms with Crippen LogP contribution in [0.25, 0.3) is 17.2 Å². The summed E-state index contributed by atoms with van der Waals surface area (Å²) >= 11 is 0. The number of hydrogen-bond acceptors (Lipinski definition) is 9. The summed E-state index contributed by atoms with van der Waals surface area (Å²) in [5, 5.41) is 3.11. The van der Waals surface area contributed by atoms with E-state index in [1.165, 1.54) is 34.6 Å². The lowest BCUT2D eigenvalue weighted by atomic mass is 9.98. The van der Waals surface area contributed by atoms with Crippen molar-refractivity contribution in [1.29, 1.82) is 0 Å². The van der Waals surface area contributed by atoms with Gasteiger partial charge in [0.15, 0.2) is 6.29 Å². The number of hydrogen-bond donors (Lipinski definition) is 2. The van der Waals surface area contributed by atoms with Crippen molar-refractivity contribution >= 4 is 24.0 Å². The van der Waals surface area contributed by atoms with Crippen LogP contribution in [-0.4, -0.2) is 85.1 Å². The minimum absolute atomic E-state index is 0.00492. The minimum atomic E-state index is -0.442. The molecule has 2 saturated heterocycles. The number of nitrogens with zero attached hydrogens (tertiary/aromatic N) is 4. The van der Waals surface area contributed by atoms with Gasteiger partial charge in [-0.2, -0.15) is 0 Å². The quantitative estimate of drug-likeness (QED) is 0.202. The molecule has 0 saturated carbocycles. The zero-order valence-electron chi connectivity index (χ0n) is 27.9. The van der Waals surface area contributed by atoms with Gasteiger partial charge >= 0.3 is 6.09 Å². The average molecular weight is 675 g/mol. The number of alkyl carbamates (subject to hydrolysis) is 1. The number of nitrogens with one attached hydrogen (secondary N) is 2. The number of hydroxylamine groups is 1. The molecule has 1 aliphatic carbocycles. The lowest BCUT2D eigenvalue weighted by molar-refractivity contribution is -0.186. The number of anilines is 1. The molecule has 0 spiro atoms. The largest absolute Gasteiger partial charge is 0.449 e. The lowest BCUT2D eigenvalue weighted by Crippen LogP contribution is -2.51. The second kappa shape index (κ2) is 16.1. The number of piperazine rings is 1. The first-order valence-corrected chi connectivity index (χ1v) is 17.3.